The molecule has 0 radical (unpaired) electrons. The van der Waals surface area contributed by atoms with Crippen LogP contribution in [-0.2, 0) is 7.05 Å². The number of aromatic amines is 1. The van der Waals surface area contributed by atoms with Gasteiger partial charge in [0.1, 0.15) is 16.3 Å². The number of nitrogens with one attached hydrogen (secondary N) is 1. The molecule has 31 heavy (non-hydrogen) atoms. The van der Waals surface area contributed by atoms with Gasteiger partial charge in [0.15, 0.2) is 5.82 Å². The van der Waals surface area contributed by atoms with Gasteiger partial charge in [-0.15, -0.1) is 11.3 Å². The lowest BCUT2D eigenvalue weighted by atomic mass is 10.00. The Bertz CT molecular complexity index is 1470. The number of ether oxygens (including phenoxy) is 1. The molecule has 6 nitrogen and oxygen atoms in total. The van der Waals surface area contributed by atoms with Crippen LogP contribution in [0.2, 0.25) is 5.02 Å². The Hall–Kier alpha value is -3.42. The van der Waals surface area contributed by atoms with E-state index in [9.17, 15) is 4.79 Å². The molecular formula is C23H17ClN4O2S. The summed E-state index contributed by atoms with van der Waals surface area (Å²) in [5, 5.41) is 1.15. The minimum atomic E-state index is -0.217. The zero-order valence-electron chi connectivity index (χ0n) is 16.7. The van der Waals surface area contributed by atoms with Crippen LogP contribution in [0.1, 0.15) is 0 Å². The molecule has 0 amide bonds. The van der Waals surface area contributed by atoms with E-state index in [1.165, 1.54) is 11.3 Å². The van der Waals surface area contributed by atoms with Gasteiger partial charge in [0.05, 0.1) is 18.8 Å². The SMILES string of the molecule is COc1ccc(-c2c(-c3ccccc3Cl)sc3nc(-c4cn(C)cn4)[nH]c(=O)c23)cc1. The number of rotatable bonds is 4. The number of aryl methyl sites for hydroxylation is 1. The topological polar surface area (TPSA) is 72.8 Å². The molecule has 0 unspecified atom stereocenters. The predicted octanol–water partition coefficient (Wildman–Crippen LogP) is 5.38. The third kappa shape index (κ3) is 3.41. The third-order valence-corrected chi connectivity index (χ3v) is 6.45. The first kappa shape index (κ1) is 19.5. The summed E-state index contributed by atoms with van der Waals surface area (Å²) >= 11 is 7.98. The van der Waals surface area contributed by atoms with Gasteiger partial charge >= 0.3 is 0 Å². The largest absolute Gasteiger partial charge is 0.497 e. The van der Waals surface area contributed by atoms with Crippen molar-refractivity contribution in [2.24, 2.45) is 7.05 Å². The van der Waals surface area contributed by atoms with Crippen LogP contribution in [0.4, 0.5) is 0 Å². The summed E-state index contributed by atoms with van der Waals surface area (Å²) in [5.41, 5.74) is 2.94. The number of aromatic nitrogens is 4. The molecule has 154 valence electrons. The molecule has 8 heteroatoms. The Morgan fingerprint density at radius 2 is 1.90 bits per heavy atom. The average Bonchev–Trinajstić information content (AvgIpc) is 3.38. The van der Waals surface area contributed by atoms with Crippen molar-refractivity contribution >= 4 is 33.2 Å². The van der Waals surface area contributed by atoms with Crippen molar-refractivity contribution in [2.45, 2.75) is 0 Å². The number of hydrogen-bond donors (Lipinski definition) is 1. The van der Waals surface area contributed by atoms with Gasteiger partial charge in [0.25, 0.3) is 5.56 Å². The summed E-state index contributed by atoms with van der Waals surface area (Å²) in [5.74, 6) is 1.18. The lowest BCUT2D eigenvalue weighted by Gasteiger charge is -2.08. The van der Waals surface area contributed by atoms with Gasteiger partial charge in [-0.05, 0) is 23.8 Å². The van der Waals surface area contributed by atoms with Crippen LogP contribution >= 0.6 is 22.9 Å². The number of benzene rings is 2. The molecule has 0 saturated carbocycles. The van der Waals surface area contributed by atoms with Crippen LogP contribution in [0.25, 0.3) is 43.3 Å². The molecule has 0 saturated heterocycles. The minimum absolute atomic E-state index is 0.217. The molecule has 2 aromatic carbocycles. The molecule has 0 fully saturated rings. The number of fused-ring (bicyclic) bond motifs is 1. The minimum Gasteiger partial charge on any atom is -0.497 e. The molecule has 3 heterocycles. The molecular weight excluding hydrogens is 432 g/mol. The van der Waals surface area contributed by atoms with Crippen LogP contribution in [0.15, 0.2) is 65.8 Å². The summed E-state index contributed by atoms with van der Waals surface area (Å²) in [6, 6.07) is 15.2. The normalized spacial score (nSPS) is 11.2. The van der Waals surface area contributed by atoms with Gasteiger partial charge in [0, 0.05) is 34.3 Å². The molecule has 1 N–H and O–H groups in total. The van der Waals surface area contributed by atoms with Crippen molar-refractivity contribution in [3.63, 3.8) is 0 Å². The van der Waals surface area contributed by atoms with Crippen molar-refractivity contribution in [3.8, 4) is 38.8 Å². The van der Waals surface area contributed by atoms with E-state index < -0.39 is 0 Å². The highest BCUT2D eigenvalue weighted by Gasteiger charge is 2.22. The summed E-state index contributed by atoms with van der Waals surface area (Å²) in [6.07, 6.45) is 3.49. The van der Waals surface area contributed by atoms with Crippen molar-refractivity contribution < 1.29 is 4.74 Å². The molecule has 5 rings (SSSR count). The summed E-state index contributed by atoms with van der Waals surface area (Å²) in [7, 11) is 3.49. The van der Waals surface area contributed by atoms with Gasteiger partial charge in [0.2, 0.25) is 0 Å². The Morgan fingerprint density at radius 3 is 2.58 bits per heavy atom. The second-order valence-electron chi connectivity index (χ2n) is 7.03. The molecule has 5 aromatic rings. The number of H-pyrrole nitrogens is 1. The molecule has 0 aliphatic rings. The first-order chi connectivity index (χ1) is 15.0. The first-order valence-corrected chi connectivity index (χ1v) is 10.7. The van der Waals surface area contributed by atoms with Crippen molar-refractivity contribution in [2.75, 3.05) is 7.11 Å². The zero-order chi connectivity index (χ0) is 21.5. The summed E-state index contributed by atoms with van der Waals surface area (Å²) in [6.45, 7) is 0. The van der Waals surface area contributed by atoms with Gasteiger partial charge in [-0.3, -0.25) is 4.79 Å². The van der Waals surface area contributed by atoms with Crippen LogP contribution in [0, 0.1) is 0 Å². The smallest absolute Gasteiger partial charge is 0.260 e. The number of methoxy groups -OCH3 is 1. The molecule has 0 aliphatic carbocycles. The van der Waals surface area contributed by atoms with E-state index in [1.54, 1.807) is 13.4 Å². The van der Waals surface area contributed by atoms with Crippen molar-refractivity contribution in [3.05, 3.63) is 76.4 Å². The van der Waals surface area contributed by atoms with Crippen molar-refractivity contribution in [1.82, 2.24) is 19.5 Å². The predicted molar refractivity (Wildman–Crippen MR) is 125 cm³/mol. The van der Waals surface area contributed by atoms with Crippen LogP contribution < -0.4 is 10.3 Å². The van der Waals surface area contributed by atoms with Gasteiger partial charge < -0.3 is 14.3 Å². The quantitative estimate of drug-likeness (QED) is 0.400. The Balaban J connectivity index is 1.82. The highest BCUT2D eigenvalue weighted by molar-refractivity contribution is 7.22. The monoisotopic (exact) mass is 448 g/mol. The van der Waals surface area contributed by atoms with E-state index in [2.05, 4.69) is 9.97 Å². The number of hydrogen-bond acceptors (Lipinski definition) is 5. The second-order valence-corrected chi connectivity index (χ2v) is 8.44. The average molecular weight is 449 g/mol. The fraction of sp³-hybridized carbons (Fsp3) is 0.0870. The van der Waals surface area contributed by atoms with Crippen LogP contribution in [0.3, 0.4) is 0 Å². The number of halogens is 1. The van der Waals surface area contributed by atoms with E-state index in [-0.39, 0.29) is 5.56 Å². The fourth-order valence-electron chi connectivity index (χ4n) is 3.53. The Kier molecular flexibility index (Phi) is 4.84. The van der Waals surface area contributed by atoms with E-state index in [0.29, 0.717) is 26.8 Å². The van der Waals surface area contributed by atoms with Crippen LogP contribution in [-0.4, -0.2) is 26.6 Å². The van der Waals surface area contributed by atoms with Gasteiger partial charge in [-0.1, -0.05) is 41.9 Å². The Labute approximate surface area is 186 Å². The standard InChI is InChI=1S/C23H17ClN4O2S/c1-28-11-17(25-12-28)21-26-22(29)19-18(13-7-9-14(30-2)10-8-13)20(31-23(19)27-21)15-5-3-4-6-16(15)24/h3-12H,1-2H3,(H,26,27,29). The summed E-state index contributed by atoms with van der Waals surface area (Å²) < 4.78 is 7.10. The molecule has 3 aromatic heterocycles. The second kappa shape index (κ2) is 7.68. The van der Waals surface area contributed by atoms with Gasteiger partial charge in [-0.2, -0.15) is 0 Å². The van der Waals surface area contributed by atoms with E-state index in [4.69, 9.17) is 21.3 Å². The lowest BCUT2D eigenvalue weighted by molar-refractivity contribution is 0.415. The molecule has 0 atom stereocenters. The summed E-state index contributed by atoms with van der Waals surface area (Å²) in [4.78, 5) is 26.7. The number of thiophene rings is 1. The third-order valence-electron chi connectivity index (χ3n) is 5.01. The number of imidazole rings is 1. The molecule has 0 aliphatic heterocycles. The van der Waals surface area contributed by atoms with E-state index in [1.807, 2.05) is 66.3 Å². The fourth-order valence-corrected chi connectivity index (χ4v) is 5.06. The lowest BCUT2D eigenvalue weighted by Crippen LogP contribution is -2.09. The number of nitrogens with zero attached hydrogens (tertiary/aromatic N) is 3. The Morgan fingerprint density at radius 1 is 1.13 bits per heavy atom. The van der Waals surface area contributed by atoms with E-state index in [0.717, 1.165) is 27.3 Å². The molecule has 0 spiro atoms. The first-order valence-electron chi connectivity index (χ1n) is 9.49. The van der Waals surface area contributed by atoms with Crippen molar-refractivity contribution in [1.29, 1.82) is 0 Å². The maximum atomic E-state index is 13.2. The maximum Gasteiger partial charge on any atom is 0.260 e. The van der Waals surface area contributed by atoms with E-state index >= 15 is 0 Å². The highest BCUT2D eigenvalue weighted by atomic mass is 35.5. The zero-order valence-corrected chi connectivity index (χ0v) is 18.3. The highest BCUT2D eigenvalue weighted by Crippen LogP contribution is 2.45. The molecule has 0 bridgehead atoms. The maximum absolute atomic E-state index is 13.2. The van der Waals surface area contributed by atoms with Crippen LogP contribution in [0.5, 0.6) is 5.75 Å². The van der Waals surface area contributed by atoms with Gasteiger partial charge in [-0.25, -0.2) is 9.97 Å².